The van der Waals surface area contributed by atoms with Gasteiger partial charge in [0.15, 0.2) is 0 Å². The van der Waals surface area contributed by atoms with Crippen LogP contribution in [0.15, 0.2) is 23.8 Å². The predicted octanol–water partition coefficient (Wildman–Crippen LogP) is 4.45. The minimum absolute atomic E-state index is 0.0106. The summed E-state index contributed by atoms with van der Waals surface area (Å²) in [7, 11) is 0. The fourth-order valence-corrected chi connectivity index (χ4v) is 2.31. The van der Waals surface area contributed by atoms with Crippen molar-refractivity contribution in [1.82, 2.24) is 0 Å². The molecule has 0 unspecified atom stereocenters. The van der Waals surface area contributed by atoms with Gasteiger partial charge in [-0.15, -0.1) is 0 Å². The summed E-state index contributed by atoms with van der Waals surface area (Å²) in [6.07, 6.45) is 2.36. The van der Waals surface area contributed by atoms with Gasteiger partial charge in [0.25, 0.3) is 5.69 Å². The highest BCUT2D eigenvalue weighted by molar-refractivity contribution is 6.32. The van der Waals surface area contributed by atoms with Gasteiger partial charge >= 0.3 is 0 Å². The molecule has 1 fully saturated rings. The van der Waals surface area contributed by atoms with Crippen LogP contribution in [-0.2, 0) is 0 Å². The Morgan fingerprint density at radius 1 is 1.41 bits per heavy atom. The molecule has 0 saturated heterocycles. The summed E-state index contributed by atoms with van der Waals surface area (Å²) >= 11 is 5.81. The van der Waals surface area contributed by atoms with Crippen molar-refractivity contribution in [3.63, 3.8) is 0 Å². The van der Waals surface area contributed by atoms with Crippen LogP contribution >= 0.6 is 11.6 Å². The van der Waals surface area contributed by atoms with E-state index < -0.39 is 4.92 Å². The Bertz CT molecular complexity index is 500. The first kappa shape index (κ1) is 12.1. The molecule has 0 aromatic heterocycles. The fraction of sp³-hybridized carbons (Fsp3) is 0.385. The summed E-state index contributed by atoms with van der Waals surface area (Å²) in [5.74, 6) is 0.570. The molecule has 0 amide bonds. The van der Waals surface area contributed by atoms with Crippen molar-refractivity contribution < 1.29 is 4.92 Å². The van der Waals surface area contributed by atoms with Crippen LogP contribution in [0.2, 0.25) is 5.02 Å². The topological polar surface area (TPSA) is 43.1 Å². The Morgan fingerprint density at radius 2 is 2.06 bits per heavy atom. The molecule has 0 bridgehead atoms. The van der Waals surface area contributed by atoms with Gasteiger partial charge in [-0.05, 0) is 49.8 Å². The molecule has 1 aliphatic rings. The molecule has 3 nitrogen and oxygen atoms in total. The zero-order chi connectivity index (χ0) is 12.6. The van der Waals surface area contributed by atoms with Crippen LogP contribution < -0.4 is 0 Å². The second-order valence-electron chi connectivity index (χ2n) is 4.61. The van der Waals surface area contributed by atoms with Crippen molar-refractivity contribution in [3.05, 3.63) is 44.5 Å². The zero-order valence-electron chi connectivity index (χ0n) is 9.87. The molecule has 0 aliphatic heterocycles. The molecule has 90 valence electrons. The second-order valence-corrected chi connectivity index (χ2v) is 5.02. The Balaban J connectivity index is 2.49. The van der Waals surface area contributed by atoms with E-state index in [1.165, 1.54) is 24.0 Å². The molecule has 1 aliphatic carbocycles. The molecule has 1 aromatic carbocycles. The van der Waals surface area contributed by atoms with Gasteiger partial charge in [-0.3, -0.25) is 10.1 Å². The van der Waals surface area contributed by atoms with E-state index in [1.54, 1.807) is 12.1 Å². The number of benzene rings is 1. The average Bonchev–Trinajstić information content (AvgIpc) is 3.04. The van der Waals surface area contributed by atoms with Gasteiger partial charge in [0.05, 0.1) is 4.92 Å². The molecule has 0 N–H and O–H groups in total. The van der Waals surface area contributed by atoms with E-state index in [9.17, 15) is 10.1 Å². The van der Waals surface area contributed by atoms with Crippen LogP contribution in [0, 0.1) is 16.0 Å². The smallest absolute Gasteiger partial charge is 0.258 e. The maximum Gasteiger partial charge on any atom is 0.288 e. The zero-order valence-corrected chi connectivity index (χ0v) is 10.6. The van der Waals surface area contributed by atoms with Crippen LogP contribution in [-0.4, -0.2) is 4.92 Å². The van der Waals surface area contributed by atoms with Crippen molar-refractivity contribution in [2.45, 2.75) is 26.7 Å². The van der Waals surface area contributed by atoms with Gasteiger partial charge in [0.2, 0.25) is 0 Å². The molecule has 1 saturated carbocycles. The van der Waals surface area contributed by atoms with Crippen molar-refractivity contribution >= 4 is 22.9 Å². The van der Waals surface area contributed by atoms with Crippen LogP contribution in [0.25, 0.3) is 5.57 Å². The van der Waals surface area contributed by atoms with Crippen molar-refractivity contribution in [1.29, 1.82) is 0 Å². The van der Waals surface area contributed by atoms with Crippen LogP contribution in [0.5, 0.6) is 0 Å². The first-order valence-corrected chi connectivity index (χ1v) is 6.00. The number of halogens is 1. The standard InChI is InChI=1S/C13H14ClNO2/c1-8(2)13(9-3-4-9)10-5-6-11(14)12(7-10)15(16)17/h5-7,9H,3-4H2,1-2H3. The minimum Gasteiger partial charge on any atom is -0.258 e. The van der Waals surface area contributed by atoms with Crippen LogP contribution in [0.4, 0.5) is 5.69 Å². The number of nitro groups is 1. The lowest BCUT2D eigenvalue weighted by Crippen LogP contribution is -1.94. The summed E-state index contributed by atoms with van der Waals surface area (Å²) < 4.78 is 0. The maximum absolute atomic E-state index is 10.9. The molecule has 4 heteroatoms. The third-order valence-corrected chi connectivity index (χ3v) is 3.30. The lowest BCUT2D eigenvalue weighted by Gasteiger charge is -2.09. The number of allylic oxidation sites excluding steroid dienone is 2. The highest BCUT2D eigenvalue weighted by Crippen LogP contribution is 2.44. The Kier molecular flexibility index (Phi) is 3.20. The average molecular weight is 252 g/mol. The Morgan fingerprint density at radius 3 is 2.53 bits per heavy atom. The molecule has 17 heavy (non-hydrogen) atoms. The quantitative estimate of drug-likeness (QED) is 0.588. The van der Waals surface area contributed by atoms with E-state index in [4.69, 9.17) is 11.6 Å². The molecule has 0 atom stereocenters. The molecule has 0 radical (unpaired) electrons. The summed E-state index contributed by atoms with van der Waals surface area (Å²) in [6.45, 7) is 4.10. The normalized spacial score (nSPS) is 14.5. The largest absolute Gasteiger partial charge is 0.288 e. The van der Waals surface area contributed by atoms with E-state index in [-0.39, 0.29) is 10.7 Å². The van der Waals surface area contributed by atoms with E-state index >= 15 is 0 Å². The van der Waals surface area contributed by atoms with Gasteiger partial charge in [0.1, 0.15) is 5.02 Å². The fourth-order valence-electron chi connectivity index (χ4n) is 2.12. The molecular formula is C13H14ClNO2. The van der Waals surface area contributed by atoms with Gasteiger partial charge in [-0.25, -0.2) is 0 Å². The lowest BCUT2D eigenvalue weighted by atomic mass is 9.97. The van der Waals surface area contributed by atoms with E-state index in [0.29, 0.717) is 5.92 Å². The minimum atomic E-state index is -0.429. The maximum atomic E-state index is 10.9. The van der Waals surface area contributed by atoms with Crippen LogP contribution in [0.3, 0.4) is 0 Å². The molecule has 0 spiro atoms. The number of hydrogen-bond donors (Lipinski definition) is 0. The van der Waals surface area contributed by atoms with E-state index in [1.807, 2.05) is 19.9 Å². The second kappa shape index (κ2) is 4.49. The molecule has 1 aromatic rings. The highest BCUT2D eigenvalue weighted by atomic mass is 35.5. The number of rotatable bonds is 3. The number of hydrogen-bond acceptors (Lipinski definition) is 2. The third kappa shape index (κ3) is 2.50. The lowest BCUT2D eigenvalue weighted by molar-refractivity contribution is -0.384. The summed E-state index contributed by atoms with van der Waals surface area (Å²) in [5, 5.41) is 11.1. The van der Waals surface area contributed by atoms with Gasteiger partial charge in [0, 0.05) is 6.07 Å². The molecular weight excluding hydrogens is 238 g/mol. The van der Waals surface area contributed by atoms with Crippen LogP contribution in [0.1, 0.15) is 32.3 Å². The Hall–Kier alpha value is -1.35. The third-order valence-electron chi connectivity index (χ3n) is 2.98. The van der Waals surface area contributed by atoms with E-state index in [0.717, 1.165) is 5.56 Å². The number of nitrogens with zero attached hydrogens (tertiary/aromatic N) is 1. The van der Waals surface area contributed by atoms with Gasteiger partial charge < -0.3 is 0 Å². The summed E-state index contributed by atoms with van der Waals surface area (Å²) in [4.78, 5) is 10.4. The molecule has 2 rings (SSSR count). The summed E-state index contributed by atoms with van der Waals surface area (Å²) in [5.41, 5.74) is 3.39. The van der Waals surface area contributed by atoms with Gasteiger partial charge in [-0.1, -0.05) is 23.2 Å². The Labute approximate surface area is 105 Å². The first-order chi connectivity index (χ1) is 8.00. The van der Waals surface area contributed by atoms with E-state index in [2.05, 4.69) is 0 Å². The SMILES string of the molecule is CC(C)=C(c1ccc(Cl)c([N+](=O)[O-])c1)C1CC1. The van der Waals surface area contributed by atoms with Crippen molar-refractivity contribution in [2.24, 2.45) is 5.92 Å². The molecule has 0 heterocycles. The van der Waals surface area contributed by atoms with Gasteiger partial charge in [-0.2, -0.15) is 0 Å². The van der Waals surface area contributed by atoms with Crippen molar-refractivity contribution in [2.75, 3.05) is 0 Å². The first-order valence-electron chi connectivity index (χ1n) is 5.62. The monoisotopic (exact) mass is 251 g/mol. The summed E-state index contributed by atoms with van der Waals surface area (Å²) in [6, 6.07) is 5.07. The number of nitro benzene ring substituents is 1. The van der Waals surface area contributed by atoms with Crippen molar-refractivity contribution in [3.8, 4) is 0 Å². The highest BCUT2D eigenvalue weighted by Gasteiger charge is 2.28. The predicted molar refractivity (Wildman–Crippen MR) is 69.1 cm³/mol.